The van der Waals surface area contributed by atoms with E-state index in [1.165, 1.54) is 16.9 Å². The minimum atomic E-state index is 0.505. The van der Waals surface area contributed by atoms with Crippen LogP contribution in [0.2, 0.25) is 0 Å². The van der Waals surface area contributed by atoms with Gasteiger partial charge >= 0.3 is 0 Å². The van der Waals surface area contributed by atoms with Crippen molar-refractivity contribution in [2.75, 3.05) is 16.8 Å². The summed E-state index contributed by atoms with van der Waals surface area (Å²) in [5.74, 6) is 1.80. The topological polar surface area (TPSA) is 50.3 Å². The smallest absolute Gasteiger partial charge is 0.230 e. The number of ether oxygens (including phenoxy) is 1. The third-order valence-electron chi connectivity index (χ3n) is 4.90. The van der Waals surface area contributed by atoms with Gasteiger partial charge in [0.25, 0.3) is 0 Å². The summed E-state index contributed by atoms with van der Waals surface area (Å²) in [4.78, 5) is 11.1. The van der Waals surface area contributed by atoms with Crippen LogP contribution in [-0.2, 0) is 6.42 Å². The summed E-state index contributed by atoms with van der Waals surface area (Å²) in [5.41, 5.74) is 4.66. The number of fused-ring (bicyclic) bond motifs is 1. The van der Waals surface area contributed by atoms with Crippen molar-refractivity contribution in [2.24, 2.45) is 0 Å². The molecule has 29 heavy (non-hydrogen) atoms. The first kappa shape index (κ1) is 17.3. The Balaban J connectivity index is 1.34. The molecule has 3 aromatic carbocycles. The number of hydrogen-bond donors (Lipinski definition) is 1. The number of benzene rings is 3. The van der Waals surface area contributed by atoms with E-state index in [-0.39, 0.29) is 0 Å². The highest BCUT2D eigenvalue weighted by atomic mass is 16.5. The Kier molecular flexibility index (Phi) is 4.54. The second kappa shape index (κ2) is 7.64. The molecule has 1 aliphatic heterocycles. The maximum atomic E-state index is 6.01. The monoisotopic (exact) mass is 380 g/mol. The molecule has 0 atom stereocenters. The first-order valence-corrected chi connectivity index (χ1v) is 9.64. The molecule has 0 saturated heterocycles. The predicted octanol–water partition coefficient (Wildman–Crippen LogP) is 5.71. The van der Waals surface area contributed by atoms with Gasteiger partial charge in [0, 0.05) is 35.9 Å². The van der Waals surface area contributed by atoms with Gasteiger partial charge < -0.3 is 15.0 Å². The molecular weight excluding hydrogens is 360 g/mol. The second-order valence-corrected chi connectivity index (χ2v) is 6.84. The molecule has 0 fully saturated rings. The number of para-hydroxylation sites is 2. The van der Waals surface area contributed by atoms with Gasteiger partial charge in [0.05, 0.1) is 0 Å². The third-order valence-corrected chi connectivity index (χ3v) is 4.90. The molecular formula is C24H20N4O. The van der Waals surface area contributed by atoms with Crippen molar-refractivity contribution >= 4 is 23.0 Å². The van der Waals surface area contributed by atoms with Crippen LogP contribution in [0.1, 0.15) is 5.56 Å². The molecule has 0 saturated carbocycles. The molecule has 0 radical (unpaired) electrons. The molecule has 2 heterocycles. The molecule has 5 rings (SSSR count). The molecule has 1 aliphatic rings. The highest BCUT2D eigenvalue weighted by molar-refractivity contribution is 5.70. The van der Waals surface area contributed by atoms with Crippen LogP contribution >= 0.6 is 0 Å². The van der Waals surface area contributed by atoms with Crippen LogP contribution in [0.3, 0.4) is 0 Å². The van der Waals surface area contributed by atoms with Crippen molar-refractivity contribution in [3.8, 4) is 11.6 Å². The maximum Gasteiger partial charge on any atom is 0.230 e. The minimum absolute atomic E-state index is 0.505. The highest BCUT2D eigenvalue weighted by Crippen LogP contribution is 2.37. The molecule has 0 aliphatic carbocycles. The zero-order chi connectivity index (χ0) is 19.5. The Bertz CT molecular complexity index is 1120. The van der Waals surface area contributed by atoms with E-state index < -0.39 is 0 Å². The lowest BCUT2D eigenvalue weighted by Crippen LogP contribution is -2.12. The lowest BCUT2D eigenvalue weighted by molar-refractivity contribution is 0.462. The molecule has 5 nitrogen and oxygen atoms in total. The molecule has 0 amide bonds. The summed E-state index contributed by atoms with van der Waals surface area (Å²) in [5, 5.41) is 3.19. The van der Waals surface area contributed by atoms with Crippen molar-refractivity contribution in [3.63, 3.8) is 0 Å². The fourth-order valence-corrected chi connectivity index (χ4v) is 3.55. The van der Waals surface area contributed by atoms with Crippen LogP contribution in [-0.4, -0.2) is 16.5 Å². The molecule has 0 unspecified atom stereocenters. The van der Waals surface area contributed by atoms with Gasteiger partial charge in [0.1, 0.15) is 5.75 Å². The van der Waals surface area contributed by atoms with E-state index in [2.05, 4.69) is 56.6 Å². The number of aromatic nitrogens is 2. The van der Waals surface area contributed by atoms with Gasteiger partial charge in [-0.1, -0.05) is 36.4 Å². The Labute approximate surface area is 169 Å². The number of nitrogens with zero attached hydrogens (tertiary/aromatic N) is 3. The van der Waals surface area contributed by atoms with Gasteiger partial charge in [-0.25, -0.2) is 4.98 Å². The van der Waals surface area contributed by atoms with E-state index >= 15 is 0 Å². The quantitative estimate of drug-likeness (QED) is 0.481. The number of nitrogens with one attached hydrogen (secondary N) is 1. The van der Waals surface area contributed by atoms with Gasteiger partial charge in [-0.15, -0.1) is 0 Å². The highest BCUT2D eigenvalue weighted by Gasteiger charge is 2.21. The van der Waals surface area contributed by atoms with Crippen LogP contribution < -0.4 is 15.0 Å². The summed E-state index contributed by atoms with van der Waals surface area (Å²) in [6.07, 6.45) is 2.68. The molecule has 4 aromatic rings. The number of hydrogen-bond acceptors (Lipinski definition) is 5. The van der Waals surface area contributed by atoms with E-state index in [0.717, 1.165) is 24.4 Å². The van der Waals surface area contributed by atoms with Crippen LogP contribution in [0.15, 0.2) is 91.1 Å². The van der Waals surface area contributed by atoms with Gasteiger partial charge in [0.2, 0.25) is 11.8 Å². The first-order chi connectivity index (χ1) is 14.3. The molecule has 1 N–H and O–H groups in total. The molecule has 1 aromatic heterocycles. The average Bonchev–Trinajstić information content (AvgIpc) is 3.19. The lowest BCUT2D eigenvalue weighted by atomic mass is 10.1. The summed E-state index contributed by atoms with van der Waals surface area (Å²) >= 11 is 0. The first-order valence-electron chi connectivity index (χ1n) is 9.64. The van der Waals surface area contributed by atoms with Crippen molar-refractivity contribution in [2.45, 2.75) is 6.42 Å². The Hall–Kier alpha value is -3.86. The van der Waals surface area contributed by atoms with E-state index in [4.69, 9.17) is 4.74 Å². The standard InChI is InChI=1S/C24H20N4O/c1-3-7-19(8-4-1)26-24-25-15-13-23(27-24)29-21-11-12-22-18(17-21)14-16-28(22)20-9-5-2-6-10-20/h1-13,15,17H,14,16H2,(H,25,26,27). The van der Waals surface area contributed by atoms with Crippen molar-refractivity contribution in [1.82, 2.24) is 9.97 Å². The number of anilines is 4. The van der Waals surface area contributed by atoms with Crippen molar-refractivity contribution in [1.29, 1.82) is 0 Å². The molecule has 5 heteroatoms. The zero-order valence-electron chi connectivity index (χ0n) is 15.8. The van der Waals surface area contributed by atoms with Crippen molar-refractivity contribution in [3.05, 3.63) is 96.7 Å². The second-order valence-electron chi connectivity index (χ2n) is 6.84. The molecule has 142 valence electrons. The van der Waals surface area contributed by atoms with E-state index in [1.807, 2.05) is 42.5 Å². The van der Waals surface area contributed by atoms with Crippen LogP contribution in [0.4, 0.5) is 23.0 Å². The Morgan fingerprint density at radius 2 is 1.66 bits per heavy atom. The zero-order valence-corrected chi connectivity index (χ0v) is 15.8. The van der Waals surface area contributed by atoms with Gasteiger partial charge in [-0.3, -0.25) is 0 Å². The van der Waals surface area contributed by atoms with Gasteiger partial charge in [0.15, 0.2) is 0 Å². The van der Waals surface area contributed by atoms with E-state index in [1.54, 1.807) is 12.3 Å². The van der Waals surface area contributed by atoms with Crippen LogP contribution in [0, 0.1) is 0 Å². The maximum absolute atomic E-state index is 6.01. The number of rotatable bonds is 5. The summed E-state index contributed by atoms with van der Waals surface area (Å²) in [7, 11) is 0. The van der Waals surface area contributed by atoms with Gasteiger partial charge in [-0.05, 0) is 54.4 Å². The Morgan fingerprint density at radius 3 is 2.48 bits per heavy atom. The minimum Gasteiger partial charge on any atom is -0.439 e. The Morgan fingerprint density at radius 1 is 0.862 bits per heavy atom. The lowest BCUT2D eigenvalue weighted by Gasteiger charge is -2.19. The summed E-state index contributed by atoms with van der Waals surface area (Å²) in [6.45, 7) is 0.974. The third kappa shape index (κ3) is 3.75. The molecule has 0 spiro atoms. The normalized spacial score (nSPS) is 12.5. The van der Waals surface area contributed by atoms with E-state index in [0.29, 0.717) is 11.8 Å². The van der Waals surface area contributed by atoms with Crippen LogP contribution in [0.25, 0.3) is 0 Å². The molecule has 0 bridgehead atoms. The fourth-order valence-electron chi connectivity index (χ4n) is 3.55. The predicted molar refractivity (Wildman–Crippen MR) is 115 cm³/mol. The SMILES string of the molecule is c1ccc(Nc2nccc(Oc3ccc4c(c3)CCN4c3ccccc3)n2)cc1. The summed E-state index contributed by atoms with van der Waals surface area (Å²) in [6, 6.07) is 28.3. The van der Waals surface area contributed by atoms with Gasteiger partial charge in [-0.2, -0.15) is 4.98 Å². The fraction of sp³-hybridized carbons (Fsp3) is 0.0833. The van der Waals surface area contributed by atoms with Crippen LogP contribution in [0.5, 0.6) is 11.6 Å². The summed E-state index contributed by atoms with van der Waals surface area (Å²) < 4.78 is 6.01. The van der Waals surface area contributed by atoms with E-state index in [9.17, 15) is 0 Å². The average molecular weight is 380 g/mol. The van der Waals surface area contributed by atoms with Crippen molar-refractivity contribution < 1.29 is 4.74 Å². The largest absolute Gasteiger partial charge is 0.439 e.